The van der Waals surface area contributed by atoms with Crippen LogP contribution >= 0.6 is 0 Å². The maximum atomic E-state index is 11.0. The summed E-state index contributed by atoms with van der Waals surface area (Å²) in [6, 6.07) is 11.7. The number of likely N-dealkylation sites (N-methyl/N-ethyl adjacent to an activating group) is 1. The van der Waals surface area contributed by atoms with E-state index in [0.29, 0.717) is 12.0 Å². The summed E-state index contributed by atoms with van der Waals surface area (Å²) in [5, 5.41) is 14.4. The number of nitrogens with zero attached hydrogens (tertiary/aromatic N) is 2. The maximum absolute atomic E-state index is 11.0. The SMILES string of the molecule is CCNC(Cc1ccncc1[N+](=O)[O-])c1ccccc1. The van der Waals surface area contributed by atoms with E-state index < -0.39 is 0 Å². The molecule has 5 nitrogen and oxygen atoms in total. The number of nitrogens with one attached hydrogen (secondary N) is 1. The molecule has 5 heteroatoms. The van der Waals surface area contributed by atoms with E-state index in [-0.39, 0.29) is 16.7 Å². The van der Waals surface area contributed by atoms with Gasteiger partial charge < -0.3 is 5.32 Å². The molecule has 0 bridgehead atoms. The zero-order valence-corrected chi connectivity index (χ0v) is 11.3. The first kappa shape index (κ1) is 14.1. The van der Waals surface area contributed by atoms with E-state index in [2.05, 4.69) is 10.3 Å². The van der Waals surface area contributed by atoms with Gasteiger partial charge in [0.05, 0.1) is 4.92 Å². The van der Waals surface area contributed by atoms with Gasteiger partial charge in [-0.1, -0.05) is 37.3 Å². The van der Waals surface area contributed by atoms with E-state index in [9.17, 15) is 10.1 Å². The van der Waals surface area contributed by atoms with Gasteiger partial charge in [0.2, 0.25) is 0 Å². The first-order valence-corrected chi connectivity index (χ1v) is 6.58. The average molecular weight is 271 g/mol. The molecule has 1 unspecified atom stereocenters. The Morgan fingerprint density at radius 3 is 2.70 bits per heavy atom. The summed E-state index contributed by atoms with van der Waals surface area (Å²) < 4.78 is 0. The minimum Gasteiger partial charge on any atom is -0.310 e. The van der Waals surface area contributed by atoms with Crippen molar-refractivity contribution in [1.29, 1.82) is 0 Å². The molecule has 0 aliphatic heterocycles. The summed E-state index contributed by atoms with van der Waals surface area (Å²) in [7, 11) is 0. The molecule has 0 radical (unpaired) electrons. The molecule has 0 aliphatic rings. The Kier molecular flexibility index (Phi) is 4.79. The summed E-state index contributed by atoms with van der Waals surface area (Å²) in [5.41, 5.74) is 1.89. The molecule has 0 aliphatic carbocycles. The average Bonchev–Trinajstić information content (AvgIpc) is 2.48. The van der Waals surface area contributed by atoms with Crippen LogP contribution in [0.15, 0.2) is 48.8 Å². The van der Waals surface area contributed by atoms with Gasteiger partial charge in [-0.05, 0) is 24.6 Å². The van der Waals surface area contributed by atoms with Crippen LogP contribution in [-0.4, -0.2) is 16.5 Å². The van der Waals surface area contributed by atoms with Crippen LogP contribution in [0.25, 0.3) is 0 Å². The Hall–Kier alpha value is -2.27. The summed E-state index contributed by atoms with van der Waals surface area (Å²) >= 11 is 0. The summed E-state index contributed by atoms with van der Waals surface area (Å²) in [6.07, 6.45) is 3.47. The minimum absolute atomic E-state index is 0.0577. The molecule has 1 atom stereocenters. The van der Waals surface area contributed by atoms with E-state index in [1.807, 2.05) is 37.3 Å². The number of benzene rings is 1. The Morgan fingerprint density at radius 2 is 2.05 bits per heavy atom. The lowest BCUT2D eigenvalue weighted by atomic mass is 9.98. The summed E-state index contributed by atoms with van der Waals surface area (Å²) in [4.78, 5) is 14.5. The van der Waals surface area contributed by atoms with Gasteiger partial charge in [0.15, 0.2) is 0 Å². The lowest BCUT2D eigenvalue weighted by Gasteiger charge is -2.18. The van der Waals surface area contributed by atoms with Crippen molar-refractivity contribution in [3.8, 4) is 0 Å². The molecule has 1 aromatic carbocycles. The van der Waals surface area contributed by atoms with Gasteiger partial charge >= 0.3 is 0 Å². The lowest BCUT2D eigenvalue weighted by molar-refractivity contribution is -0.385. The second-order valence-electron chi connectivity index (χ2n) is 4.49. The molecule has 0 saturated carbocycles. The van der Waals surface area contributed by atoms with Crippen molar-refractivity contribution in [2.75, 3.05) is 6.54 Å². The third kappa shape index (κ3) is 3.39. The first-order chi connectivity index (χ1) is 9.72. The number of nitro groups is 1. The van der Waals surface area contributed by atoms with Crippen LogP contribution in [0.3, 0.4) is 0 Å². The Morgan fingerprint density at radius 1 is 1.30 bits per heavy atom. The van der Waals surface area contributed by atoms with Crippen LogP contribution in [0.2, 0.25) is 0 Å². The largest absolute Gasteiger partial charge is 0.310 e. The molecule has 0 fully saturated rings. The van der Waals surface area contributed by atoms with E-state index in [1.165, 1.54) is 6.20 Å². The molecule has 0 saturated heterocycles. The van der Waals surface area contributed by atoms with Crippen LogP contribution in [0.4, 0.5) is 5.69 Å². The zero-order valence-electron chi connectivity index (χ0n) is 11.3. The highest BCUT2D eigenvalue weighted by Gasteiger charge is 2.18. The third-order valence-electron chi connectivity index (χ3n) is 3.16. The van der Waals surface area contributed by atoms with Crippen LogP contribution < -0.4 is 5.32 Å². The molecular weight excluding hydrogens is 254 g/mol. The number of aromatic nitrogens is 1. The highest BCUT2D eigenvalue weighted by atomic mass is 16.6. The second-order valence-corrected chi connectivity index (χ2v) is 4.49. The summed E-state index contributed by atoms with van der Waals surface area (Å²) in [6.45, 7) is 2.83. The van der Waals surface area contributed by atoms with Gasteiger partial charge in [0.1, 0.15) is 6.20 Å². The molecule has 1 heterocycles. The first-order valence-electron chi connectivity index (χ1n) is 6.58. The van der Waals surface area contributed by atoms with Crippen LogP contribution in [-0.2, 0) is 6.42 Å². The fourth-order valence-electron chi connectivity index (χ4n) is 2.21. The van der Waals surface area contributed by atoms with Gasteiger partial charge in [-0.2, -0.15) is 0 Å². The highest BCUT2D eigenvalue weighted by Crippen LogP contribution is 2.24. The van der Waals surface area contributed by atoms with Crippen molar-refractivity contribution < 1.29 is 4.92 Å². The van der Waals surface area contributed by atoms with E-state index in [1.54, 1.807) is 12.3 Å². The van der Waals surface area contributed by atoms with E-state index in [4.69, 9.17) is 0 Å². The highest BCUT2D eigenvalue weighted by molar-refractivity contribution is 5.38. The van der Waals surface area contributed by atoms with Crippen LogP contribution in [0, 0.1) is 10.1 Å². The standard InChI is InChI=1S/C15H17N3O2/c1-2-17-14(12-6-4-3-5-7-12)10-13-8-9-16-11-15(13)18(19)20/h3-9,11,14,17H,2,10H2,1H3. The molecule has 20 heavy (non-hydrogen) atoms. The minimum atomic E-state index is -0.379. The van der Waals surface area contributed by atoms with Gasteiger partial charge in [-0.3, -0.25) is 15.1 Å². The maximum Gasteiger partial charge on any atom is 0.290 e. The normalized spacial score (nSPS) is 12.1. The molecule has 0 spiro atoms. The van der Waals surface area contributed by atoms with Crippen molar-refractivity contribution in [3.05, 3.63) is 70.0 Å². The predicted molar refractivity (Wildman–Crippen MR) is 77.5 cm³/mol. The molecule has 1 N–H and O–H groups in total. The molecule has 1 aromatic heterocycles. The molecular formula is C15H17N3O2. The quantitative estimate of drug-likeness (QED) is 0.648. The molecule has 2 aromatic rings. The van der Waals surface area contributed by atoms with Crippen molar-refractivity contribution in [2.24, 2.45) is 0 Å². The molecule has 104 valence electrons. The molecule has 0 amide bonds. The monoisotopic (exact) mass is 271 g/mol. The lowest BCUT2D eigenvalue weighted by Crippen LogP contribution is -2.23. The number of hydrogen-bond acceptors (Lipinski definition) is 4. The second kappa shape index (κ2) is 6.77. The molecule has 2 rings (SSSR count). The topological polar surface area (TPSA) is 68.1 Å². The smallest absolute Gasteiger partial charge is 0.290 e. The number of pyridine rings is 1. The van der Waals surface area contributed by atoms with Gasteiger partial charge in [-0.15, -0.1) is 0 Å². The van der Waals surface area contributed by atoms with Gasteiger partial charge in [0, 0.05) is 17.8 Å². The van der Waals surface area contributed by atoms with E-state index >= 15 is 0 Å². The Bertz CT molecular complexity index is 572. The Labute approximate surface area is 117 Å². The number of rotatable bonds is 6. The Balaban J connectivity index is 2.27. The van der Waals surface area contributed by atoms with Crippen molar-refractivity contribution in [1.82, 2.24) is 10.3 Å². The number of hydrogen-bond donors (Lipinski definition) is 1. The fourth-order valence-corrected chi connectivity index (χ4v) is 2.21. The van der Waals surface area contributed by atoms with Gasteiger partial charge in [-0.25, -0.2) is 0 Å². The van der Waals surface area contributed by atoms with Crippen molar-refractivity contribution in [3.63, 3.8) is 0 Å². The predicted octanol–water partition coefficient (Wildman–Crippen LogP) is 2.88. The van der Waals surface area contributed by atoms with Crippen LogP contribution in [0.5, 0.6) is 0 Å². The fraction of sp³-hybridized carbons (Fsp3) is 0.267. The van der Waals surface area contributed by atoms with Crippen molar-refractivity contribution in [2.45, 2.75) is 19.4 Å². The summed E-state index contributed by atoms with van der Waals surface area (Å²) in [5.74, 6) is 0. The van der Waals surface area contributed by atoms with E-state index in [0.717, 1.165) is 12.1 Å². The van der Waals surface area contributed by atoms with Crippen LogP contribution in [0.1, 0.15) is 24.1 Å². The van der Waals surface area contributed by atoms with Gasteiger partial charge in [0.25, 0.3) is 5.69 Å². The third-order valence-corrected chi connectivity index (χ3v) is 3.16. The van der Waals surface area contributed by atoms with Crippen molar-refractivity contribution >= 4 is 5.69 Å². The zero-order chi connectivity index (χ0) is 14.4.